The lowest BCUT2D eigenvalue weighted by atomic mass is 9.75. The molecule has 1 aliphatic heterocycles. The second-order valence-corrected chi connectivity index (χ2v) is 7.34. The molecule has 0 aromatic heterocycles. The van der Waals surface area contributed by atoms with Gasteiger partial charge in [-0.2, -0.15) is 5.26 Å². The van der Waals surface area contributed by atoms with Crippen LogP contribution in [0.4, 0.5) is 0 Å². The first-order valence-electron chi connectivity index (χ1n) is 7.83. The molecule has 130 valence electrons. The molecule has 0 bridgehead atoms. The summed E-state index contributed by atoms with van der Waals surface area (Å²) in [4.78, 5) is 14.5. The molecule has 0 unspecified atom stereocenters. The normalized spacial score (nSPS) is 20.5. The summed E-state index contributed by atoms with van der Waals surface area (Å²) in [5.74, 6) is 0.370. The van der Waals surface area contributed by atoms with Gasteiger partial charge in [-0.3, -0.25) is 4.79 Å². The molecule has 0 spiro atoms. The number of ketones is 1. The van der Waals surface area contributed by atoms with Crippen molar-refractivity contribution in [3.05, 3.63) is 49.9 Å². The third kappa shape index (κ3) is 2.82. The molecule has 1 heterocycles. The quantitative estimate of drug-likeness (QED) is 0.783. The van der Waals surface area contributed by atoms with Crippen LogP contribution >= 0.6 is 27.5 Å². The van der Waals surface area contributed by atoms with E-state index in [-0.39, 0.29) is 5.78 Å². The van der Waals surface area contributed by atoms with E-state index in [1.165, 1.54) is 0 Å². The van der Waals surface area contributed by atoms with Crippen LogP contribution in [0.2, 0.25) is 5.02 Å². The Bertz CT molecular complexity index is 870. The van der Waals surface area contributed by atoms with Crippen molar-refractivity contribution < 1.29 is 9.53 Å². The van der Waals surface area contributed by atoms with E-state index in [1.54, 1.807) is 31.2 Å². The molecule has 2 aliphatic rings. The summed E-state index contributed by atoms with van der Waals surface area (Å²) in [7, 11) is 3.34. The monoisotopic (exact) mass is 421 g/mol. The van der Waals surface area contributed by atoms with Gasteiger partial charge in [-0.15, -0.1) is 0 Å². The fourth-order valence-electron chi connectivity index (χ4n) is 3.58. The van der Waals surface area contributed by atoms with Gasteiger partial charge in [-0.25, -0.2) is 0 Å². The topological polar surface area (TPSA) is 79.3 Å². The van der Waals surface area contributed by atoms with Gasteiger partial charge >= 0.3 is 0 Å². The van der Waals surface area contributed by atoms with Crippen LogP contribution in [0.3, 0.4) is 0 Å². The number of methoxy groups -OCH3 is 1. The molecule has 1 aromatic carbocycles. The molecule has 0 amide bonds. The van der Waals surface area contributed by atoms with Gasteiger partial charge in [0.05, 0.1) is 29.1 Å². The third-order valence-corrected chi connectivity index (χ3v) is 5.53. The van der Waals surface area contributed by atoms with E-state index in [4.69, 9.17) is 22.1 Å². The number of nitriles is 1. The zero-order chi connectivity index (χ0) is 18.3. The van der Waals surface area contributed by atoms with Crippen LogP contribution in [0, 0.1) is 11.3 Å². The zero-order valence-electron chi connectivity index (χ0n) is 13.9. The maximum Gasteiger partial charge on any atom is 0.161 e. The number of hydrogen-bond acceptors (Lipinski definition) is 5. The fraction of sp³-hybridized carbons (Fsp3) is 0.333. The zero-order valence-corrected chi connectivity index (χ0v) is 16.2. The Kier molecular flexibility index (Phi) is 4.81. The first-order valence-corrected chi connectivity index (χ1v) is 9.00. The van der Waals surface area contributed by atoms with E-state index in [1.807, 2.05) is 0 Å². The number of rotatable bonds is 2. The molecular formula is C18H17BrClN3O2. The first-order chi connectivity index (χ1) is 11.9. The molecule has 25 heavy (non-hydrogen) atoms. The predicted molar refractivity (Wildman–Crippen MR) is 98.9 cm³/mol. The van der Waals surface area contributed by atoms with Crippen LogP contribution in [-0.4, -0.2) is 24.8 Å². The van der Waals surface area contributed by atoms with Crippen molar-refractivity contribution in [2.75, 3.05) is 14.2 Å². The summed E-state index contributed by atoms with van der Waals surface area (Å²) < 4.78 is 6.19. The van der Waals surface area contributed by atoms with Gasteiger partial charge in [-0.05, 0) is 40.9 Å². The van der Waals surface area contributed by atoms with Crippen LogP contribution in [0.5, 0.6) is 5.75 Å². The van der Waals surface area contributed by atoms with Crippen LogP contribution < -0.4 is 10.5 Å². The molecule has 7 heteroatoms. The van der Waals surface area contributed by atoms with E-state index in [0.29, 0.717) is 44.2 Å². The minimum Gasteiger partial charge on any atom is -0.495 e. The Hall–Kier alpha value is -1.97. The number of nitrogens with two attached hydrogens (primary N) is 1. The lowest BCUT2D eigenvalue weighted by Gasteiger charge is -2.38. The van der Waals surface area contributed by atoms with Crippen LogP contribution in [0.25, 0.3) is 0 Å². The Balaban J connectivity index is 2.34. The van der Waals surface area contributed by atoms with Gasteiger partial charge in [-0.1, -0.05) is 11.6 Å². The Morgan fingerprint density at radius 2 is 2.16 bits per heavy atom. The highest BCUT2D eigenvalue weighted by atomic mass is 79.9. The maximum absolute atomic E-state index is 12.8. The highest BCUT2D eigenvalue weighted by Gasteiger charge is 2.40. The van der Waals surface area contributed by atoms with Crippen molar-refractivity contribution in [1.82, 2.24) is 4.90 Å². The molecule has 0 radical (unpaired) electrons. The fourth-order valence-corrected chi connectivity index (χ4v) is 4.58. The van der Waals surface area contributed by atoms with Gasteiger partial charge < -0.3 is 15.4 Å². The van der Waals surface area contributed by atoms with Crippen molar-refractivity contribution in [3.8, 4) is 11.8 Å². The highest BCUT2D eigenvalue weighted by Crippen LogP contribution is 2.48. The first kappa shape index (κ1) is 17.8. The van der Waals surface area contributed by atoms with Crippen molar-refractivity contribution in [1.29, 1.82) is 5.26 Å². The summed E-state index contributed by atoms with van der Waals surface area (Å²) in [5.41, 5.74) is 8.72. The van der Waals surface area contributed by atoms with Crippen molar-refractivity contribution >= 4 is 33.3 Å². The van der Waals surface area contributed by atoms with Gasteiger partial charge in [0.1, 0.15) is 11.6 Å². The molecule has 1 atom stereocenters. The molecule has 0 fully saturated rings. The number of Topliss-reactive ketones (excluding diaryl/α,β-unsaturated/α-hetero) is 1. The minimum absolute atomic E-state index is 0.0384. The molecule has 1 aromatic rings. The minimum atomic E-state index is -0.575. The summed E-state index contributed by atoms with van der Waals surface area (Å²) in [5, 5.41) is 10.2. The highest BCUT2D eigenvalue weighted by molar-refractivity contribution is 9.10. The van der Waals surface area contributed by atoms with Crippen molar-refractivity contribution in [2.24, 2.45) is 5.73 Å². The van der Waals surface area contributed by atoms with Crippen LogP contribution in [-0.2, 0) is 4.79 Å². The largest absolute Gasteiger partial charge is 0.495 e. The molecule has 3 rings (SSSR count). The average Bonchev–Trinajstić information content (AvgIpc) is 2.57. The standard InChI is InChI=1S/C18H17BrClN3O2/c1-23-13-4-3-5-14(24)16(13)15(11(8-21)18(23)22)10-6-9(20)7-12(19)17(10)25-2/h6-7,15H,3-5,22H2,1-2H3/t15-/m0/s1. The van der Waals surface area contributed by atoms with Gasteiger partial charge in [0, 0.05) is 35.3 Å². The molecule has 0 saturated carbocycles. The smallest absolute Gasteiger partial charge is 0.161 e. The van der Waals surface area contributed by atoms with Crippen molar-refractivity contribution in [3.63, 3.8) is 0 Å². The van der Waals surface area contributed by atoms with Gasteiger partial charge in [0.25, 0.3) is 0 Å². The summed E-state index contributed by atoms with van der Waals surface area (Å²) in [6.07, 6.45) is 1.99. The van der Waals surface area contributed by atoms with Gasteiger partial charge in [0.15, 0.2) is 5.78 Å². The molecule has 0 saturated heterocycles. The van der Waals surface area contributed by atoms with E-state index in [2.05, 4.69) is 22.0 Å². The van der Waals surface area contributed by atoms with Crippen molar-refractivity contribution in [2.45, 2.75) is 25.2 Å². The molecule has 2 N–H and O–H groups in total. The third-order valence-electron chi connectivity index (χ3n) is 4.72. The Morgan fingerprint density at radius 1 is 1.44 bits per heavy atom. The summed E-state index contributed by atoms with van der Waals surface area (Å²) >= 11 is 9.68. The second kappa shape index (κ2) is 6.74. The lowest BCUT2D eigenvalue weighted by Crippen LogP contribution is -2.36. The Labute approximate surface area is 159 Å². The molecule has 1 aliphatic carbocycles. The number of ether oxygens (including phenoxy) is 1. The van der Waals surface area contributed by atoms with Crippen LogP contribution in [0.1, 0.15) is 30.7 Å². The number of carbonyl (C=O) groups is 1. The van der Waals surface area contributed by atoms with E-state index in [0.717, 1.165) is 18.5 Å². The number of halogens is 2. The number of carbonyl (C=O) groups excluding carboxylic acids is 1. The summed E-state index contributed by atoms with van der Waals surface area (Å²) in [6, 6.07) is 5.64. The number of nitrogens with zero attached hydrogens (tertiary/aromatic N) is 2. The molecular weight excluding hydrogens is 406 g/mol. The molecule has 5 nitrogen and oxygen atoms in total. The number of allylic oxidation sites excluding steroid dienone is 3. The number of benzene rings is 1. The maximum atomic E-state index is 12.8. The Morgan fingerprint density at radius 3 is 2.80 bits per heavy atom. The SMILES string of the molecule is COc1c(Br)cc(Cl)cc1[C@H]1C(C#N)=C(N)N(C)C2=C1C(=O)CCC2. The predicted octanol–water partition coefficient (Wildman–Crippen LogP) is 3.84. The average molecular weight is 423 g/mol. The van der Waals surface area contributed by atoms with E-state index < -0.39 is 5.92 Å². The van der Waals surface area contributed by atoms with E-state index >= 15 is 0 Å². The number of hydrogen-bond donors (Lipinski definition) is 1. The second-order valence-electron chi connectivity index (χ2n) is 6.05. The van der Waals surface area contributed by atoms with Crippen LogP contribution in [0.15, 0.2) is 39.3 Å². The van der Waals surface area contributed by atoms with Gasteiger partial charge in [0.2, 0.25) is 0 Å². The lowest BCUT2D eigenvalue weighted by molar-refractivity contribution is -0.116. The van der Waals surface area contributed by atoms with E-state index in [9.17, 15) is 10.1 Å². The summed E-state index contributed by atoms with van der Waals surface area (Å²) in [6.45, 7) is 0.